The van der Waals surface area contributed by atoms with Gasteiger partial charge < -0.3 is 10.4 Å². The lowest BCUT2D eigenvalue weighted by molar-refractivity contribution is -0.132. The molecule has 1 atom stereocenters. The first-order valence-electron chi connectivity index (χ1n) is 4.59. The number of carbonyl (C=O) groups excluding carboxylic acids is 3. The molecule has 0 aliphatic carbocycles. The molecule has 1 heterocycles. The standard InChI is InChI=1S/C8H11FN2O5/c9-16-8(15)11-2-1-5(6(13)3-11)10-7(14)4-12/h5,12H,1-4H2,(H,10,14). The maximum absolute atomic E-state index is 11.6. The molecule has 1 fully saturated rings. The summed E-state index contributed by atoms with van der Waals surface area (Å²) in [5.41, 5.74) is 0. The molecule has 2 amide bonds. The third kappa shape index (κ3) is 2.89. The van der Waals surface area contributed by atoms with E-state index in [1.54, 1.807) is 0 Å². The summed E-state index contributed by atoms with van der Waals surface area (Å²) in [4.78, 5) is 36.8. The van der Waals surface area contributed by atoms with Crippen molar-refractivity contribution in [2.75, 3.05) is 19.7 Å². The molecule has 0 spiro atoms. The van der Waals surface area contributed by atoms with Crippen LogP contribution in [0.3, 0.4) is 0 Å². The topological polar surface area (TPSA) is 95.9 Å². The summed E-state index contributed by atoms with van der Waals surface area (Å²) in [6.45, 7) is -0.927. The number of aliphatic hydroxyl groups is 1. The molecular weight excluding hydrogens is 223 g/mol. The van der Waals surface area contributed by atoms with E-state index in [2.05, 4.69) is 10.3 Å². The van der Waals surface area contributed by atoms with Crippen LogP contribution >= 0.6 is 0 Å². The van der Waals surface area contributed by atoms with Crippen LogP contribution in [0.4, 0.5) is 9.32 Å². The molecule has 0 aromatic carbocycles. The van der Waals surface area contributed by atoms with E-state index in [1.807, 2.05) is 0 Å². The van der Waals surface area contributed by atoms with Gasteiger partial charge in [0.2, 0.25) is 5.91 Å². The smallest absolute Gasteiger partial charge is 0.387 e. The maximum atomic E-state index is 11.6. The molecule has 8 heteroatoms. The van der Waals surface area contributed by atoms with Crippen molar-refractivity contribution in [2.45, 2.75) is 12.5 Å². The minimum atomic E-state index is -1.22. The lowest BCUT2D eigenvalue weighted by Gasteiger charge is -2.29. The Labute approximate surface area is 90.1 Å². The zero-order chi connectivity index (χ0) is 12.1. The molecule has 2 N–H and O–H groups in total. The lowest BCUT2D eigenvalue weighted by Crippen LogP contribution is -2.53. The summed E-state index contributed by atoms with van der Waals surface area (Å²) < 4.78 is 11.6. The zero-order valence-corrected chi connectivity index (χ0v) is 8.31. The van der Waals surface area contributed by atoms with Gasteiger partial charge in [0.1, 0.15) is 6.61 Å². The third-order valence-electron chi connectivity index (χ3n) is 2.23. The third-order valence-corrected chi connectivity index (χ3v) is 2.23. The number of hydrogen-bond acceptors (Lipinski definition) is 5. The van der Waals surface area contributed by atoms with Gasteiger partial charge in [0.15, 0.2) is 5.78 Å². The Morgan fingerprint density at radius 1 is 1.62 bits per heavy atom. The van der Waals surface area contributed by atoms with Crippen molar-refractivity contribution in [2.24, 2.45) is 0 Å². The number of aliphatic hydroxyl groups excluding tert-OH is 1. The van der Waals surface area contributed by atoms with Crippen LogP contribution in [0.2, 0.25) is 0 Å². The molecule has 7 nitrogen and oxygen atoms in total. The molecule has 0 aromatic heterocycles. The molecule has 0 bridgehead atoms. The molecule has 0 aromatic rings. The summed E-state index contributed by atoms with van der Waals surface area (Å²) in [6, 6.07) is -0.747. The molecule has 0 radical (unpaired) electrons. The Kier molecular flexibility index (Phi) is 4.18. The molecule has 1 aliphatic heterocycles. The van der Waals surface area contributed by atoms with Crippen molar-refractivity contribution >= 4 is 17.8 Å². The summed E-state index contributed by atoms with van der Waals surface area (Å²) in [7, 11) is 0. The number of hydrogen-bond donors (Lipinski definition) is 2. The van der Waals surface area contributed by atoms with Crippen LogP contribution in [0.5, 0.6) is 0 Å². The first-order chi connectivity index (χ1) is 7.58. The molecular formula is C8H11FN2O5. The Hall–Kier alpha value is -1.70. The second kappa shape index (κ2) is 5.40. The predicted octanol–water partition coefficient (Wildman–Crippen LogP) is -1.24. The van der Waals surface area contributed by atoms with Crippen molar-refractivity contribution in [1.29, 1.82) is 0 Å². The van der Waals surface area contributed by atoms with E-state index in [0.29, 0.717) is 0 Å². The SMILES string of the molecule is O=C(CO)NC1CCN(C(=O)OF)CC1=O. The predicted molar refractivity (Wildman–Crippen MR) is 47.8 cm³/mol. The average molecular weight is 234 g/mol. The maximum Gasteiger partial charge on any atom is 0.447 e. The Morgan fingerprint density at radius 3 is 2.81 bits per heavy atom. The van der Waals surface area contributed by atoms with E-state index in [4.69, 9.17) is 5.11 Å². The molecule has 0 saturated carbocycles. The highest BCUT2D eigenvalue weighted by molar-refractivity contribution is 5.92. The van der Waals surface area contributed by atoms with Crippen LogP contribution in [0.1, 0.15) is 6.42 Å². The van der Waals surface area contributed by atoms with Gasteiger partial charge in [-0.2, -0.15) is 0 Å². The van der Waals surface area contributed by atoms with Crippen LogP contribution in [0.15, 0.2) is 0 Å². The average Bonchev–Trinajstić information content (AvgIpc) is 2.30. The van der Waals surface area contributed by atoms with E-state index >= 15 is 0 Å². The van der Waals surface area contributed by atoms with E-state index < -0.39 is 30.4 Å². The number of halogens is 1. The highest BCUT2D eigenvalue weighted by atomic mass is 19.3. The molecule has 90 valence electrons. The van der Waals surface area contributed by atoms with Crippen molar-refractivity contribution < 1.29 is 29.0 Å². The summed E-state index contributed by atoms with van der Waals surface area (Å²) in [6.07, 6.45) is -1.06. The molecule has 16 heavy (non-hydrogen) atoms. The van der Waals surface area contributed by atoms with Gasteiger partial charge in [-0.15, -0.1) is 0 Å². The minimum Gasteiger partial charge on any atom is -0.387 e. The van der Waals surface area contributed by atoms with Gasteiger partial charge in [-0.1, -0.05) is 0 Å². The second-order valence-corrected chi connectivity index (χ2v) is 3.30. The highest BCUT2D eigenvalue weighted by Crippen LogP contribution is 2.08. The van der Waals surface area contributed by atoms with Gasteiger partial charge in [-0.3, -0.25) is 14.5 Å². The fraction of sp³-hybridized carbons (Fsp3) is 0.625. The van der Waals surface area contributed by atoms with E-state index in [0.717, 1.165) is 4.90 Å². The monoisotopic (exact) mass is 234 g/mol. The number of amides is 2. The molecule has 1 aliphatic rings. The summed E-state index contributed by atoms with van der Waals surface area (Å²) in [5, 5.41) is 10.8. The fourth-order valence-corrected chi connectivity index (χ4v) is 1.42. The Morgan fingerprint density at radius 2 is 2.31 bits per heavy atom. The number of likely N-dealkylation sites (tertiary alicyclic amines) is 1. The van der Waals surface area contributed by atoms with E-state index in [1.165, 1.54) is 0 Å². The Balaban J connectivity index is 2.49. The van der Waals surface area contributed by atoms with Crippen molar-refractivity contribution in [1.82, 2.24) is 10.2 Å². The highest BCUT2D eigenvalue weighted by Gasteiger charge is 2.31. The van der Waals surface area contributed by atoms with Gasteiger partial charge in [0.25, 0.3) is 0 Å². The largest absolute Gasteiger partial charge is 0.447 e. The second-order valence-electron chi connectivity index (χ2n) is 3.30. The number of rotatable bonds is 2. The van der Waals surface area contributed by atoms with Crippen LogP contribution in [-0.4, -0.2) is 53.5 Å². The lowest BCUT2D eigenvalue weighted by atomic mass is 10.0. The number of Topliss-reactive ketones (excluding diaryl/α,β-unsaturated/α-hetero) is 1. The van der Waals surface area contributed by atoms with Crippen LogP contribution in [-0.2, 0) is 14.5 Å². The number of ketones is 1. The molecule has 1 unspecified atom stereocenters. The quantitative estimate of drug-likeness (QED) is 0.623. The van der Waals surface area contributed by atoms with Crippen LogP contribution in [0.25, 0.3) is 0 Å². The van der Waals surface area contributed by atoms with Crippen LogP contribution < -0.4 is 5.32 Å². The fourth-order valence-electron chi connectivity index (χ4n) is 1.42. The normalized spacial score (nSPS) is 20.5. The van der Waals surface area contributed by atoms with Gasteiger partial charge in [0.05, 0.1) is 12.6 Å². The van der Waals surface area contributed by atoms with Gasteiger partial charge in [-0.05, 0) is 6.42 Å². The van der Waals surface area contributed by atoms with Crippen LogP contribution in [0, 0.1) is 0 Å². The Bertz CT molecular complexity index is 309. The first kappa shape index (κ1) is 12.4. The van der Waals surface area contributed by atoms with E-state index in [9.17, 15) is 18.9 Å². The number of nitrogens with one attached hydrogen (secondary N) is 1. The molecule has 1 rings (SSSR count). The van der Waals surface area contributed by atoms with E-state index in [-0.39, 0.29) is 19.5 Å². The zero-order valence-electron chi connectivity index (χ0n) is 8.31. The molecule has 1 saturated heterocycles. The van der Waals surface area contributed by atoms with Crippen molar-refractivity contribution in [3.05, 3.63) is 0 Å². The van der Waals surface area contributed by atoms with Crippen molar-refractivity contribution in [3.63, 3.8) is 0 Å². The summed E-state index contributed by atoms with van der Waals surface area (Å²) >= 11 is 0. The van der Waals surface area contributed by atoms with Gasteiger partial charge >= 0.3 is 6.09 Å². The number of piperidine rings is 1. The minimum absolute atomic E-state index is 0.102. The number of carbonyl (C=O) groups is 3. The van der Waals surface area contributed by atoms with Crippen molar-refractivity contribution in [3.8, 4) is 0 Å². The van der Waals surface area contributed by atoms with Gasteiger partial charge in [-0.25, -0.2) is 9.74 Å². The summed E-state index contributed by atoms with van der Waals surface area (Å²) in [5.74, 6) is -1.10. The number of nitrogens with zero attached hydrogens (tertiary/aromatic N) is 1. The first-order valence-corrected chi connectivity index (χ1v) is 4.59. The van der Waals surface area contributed by atoms with Gasteiger partial charge in [0, 0.05) is 11.1 Å².